The van der Waals surface area contributed by atoms with Crippen LogP contribution in [0.15, 0.2) is 54.6 Å². The number of hydrogen-bond donors (Lipinski definition) is 2. The minimum Gasteiger partial charge on any atom is -0.399 e. The summed E-state index contributed by atoms with van der Waals surface area (Å²) in [6.07, 6.45) is 1.06. The second-order valence-corrected chi connectivity index (χ2v) is 4.26. The van der Waals surface area contributed by atoms with Crippen LogP contribution in [0.25, 0.3) is 0 Å². The van der Waals surface area contributed by atoms with E-state index in [4.69, 9.17) is 5.73 Å². The van der Waals surface area contributed by atoms with Crippen molar-refractivity contribution in [1.82, 2.24) is 6.15 Å². The Kier molecular flexibility index (Phi) is 4.73. The molecule has 0 bridgehead atoms. The van der Waals surface area contributed by atoms with E-state index in [1.807, 2.05) is 12.1 Å². The lowest BCUT2D eigenvalue weighted by atomic mass is 9.94. The van der Waals surface area contributed by atoms with E-state index in [0.29, 0.717) is 5.92 Å². The van der Waals surface area contributed by atoms with Gasteiger partial charge in [-0.15, -0.1) is 0 Å². The first-order chi connectivity index (χ1) is 7.75. The van der Waals surface area contributed by atoms with Gasteiger partial charge in [-0.1, -0.05) is 49.4 Å². The summed E-state index contributed by atoms with van der Waals surface area (Å²) in [5, 5.41) is 0. The minimum absolute atomic E-state index is 0. The van der Waals surface area contributed by atoms with E-state index in [1.54, 1.807) is 0 Å². The molecular weight excluding hydrogens is 208 g/mol. The first-order valence-electron chi connectivity index (χ1n) is 5.65. The topological polar surface area (TPSA) is 61.0 Å². The second-order valence-electron chi connectivity index (χ2n) is 4.26. The molecule has 2 heteroatoms. The van der Waals surface area contributed by atoms with Gasteiger partial charge in [0.05, 0.1) is 0 Å². The number of anilines is 1. The maximum absolute atomic E-state index is 5.67. The molecule has 0 radical (unpaired) electrons. The number of nitrogen functional groups attached to an aromatic ring is 1. The van der Waals surface area contributed by atoms with Crippen molar-refractivity contribution in [3.8, 4) is 0 Å². The van der Waals surface area contributed by atoms with Crippen molar-refractivity contribution in [2.45, 2.75) is 19.3 Å². The van der Waals surface area contributed by atoms with Gasteiger partial charge in [-0.05, 0) is 35.6 Å². The Morgan fingerprint density at radius 1 is 0.941 bits per heavy atom. The van der Waals surface area contributed by atoms with Crippen LogP contribution < -0.4 is 11.9 Å². The maximum atomic E-state index is 5.67. The van der Waals surface area contributed by atoms with Gasteiger partial charge in [-0.2, -0.15) is 0 Å². The van der Waals surface area contributed by atoms with Crippen molar-refractivity contribution in [3.63, 3.8) is 0 Å². The van der Waals surface area contributed by atoms with Crippen molar-refractivity contribution in [2.75, 3.05) is 5.73 Å². The summed E-state index contributed by atoms with van der Waals surface area (Å²) in [7, 11) is 0. The smallest absolute Gasteiger partial charge is 0.0314 e. The Morgan fingerprint density at radius 3 is 2.12 bits per heavy atom. The molecule has 2 nitrogen and oxygen atoms in total. The molecule has 5 N–H and O–H groups in total. The summed E-state index contributed by atoms with van der Waals surface area (Å²) in [6, 6.07) is 18.7. The summed E-state index contributed by atoms with van der Waals surface area (Å²) in [6.45, 7) is 2.26. The first-order valence-corrected chi connectivity index (χ1v) is 5.65. The monoisotopic (exact) mass is 228 g/mol. The number of nitrogens with two attached hydrogens (primary N) is 1. The molecule has 2 aromatic carbocycles. The largest absolute Gasteiger partial charge is 0.399 e. The fourth-order valence-corrected chi connectivity index (χ4v) is 1.91. The van der Waals surface area contributed by atoms with Gasteiger partial charge in [0.2, 0.25) is 0 Å². The van der Waals surface area contributed by atoms with Crippen LogP contribution in [0.3, 0.4) is 0 Å². The van der Waals surface area contributed by atoms with E-state index >= 15 is 0 Å². The summed E-state index contributed by atoms with van der Waals surface area (Å²) in [5.41, 5.74) is 9.23. The SMILES string of the molecule is CC(Cc1ccc(N)cc1)c1ccccc1.N. The molecule has 2 rings (SSSR count). The summed E-state index contributed by atoms with van der Waals surface area (Å²) < 4.78 is 0. The molecule has 17 heavy (non-hydrogen) atoms. The average Bonchev–Trinajstić information content (AvgIpc) is 2.33. The van der Waals surface area contributed by atoms with Gasteiger partial charge in [0.25, 0.3) is 0 Å². The van der Waals surface area contributed by atoms with E-state index in [2.05, 4.69) is 49.4 Å². The van der Waals surface area contributed by atoms with Crippen LogP contribution in [-0.4, -0.2) is 0 Å². The number of hydrogen-bond acceptors (Lipinski definition) is 2. The number of benzene rings is 2. The lowest BCUT2D eigenvalue weighted by Crippen LogP contribution is -1.98. The average molecular weight is 228 g/mol. The van der Waals surface area contributed by atoms with E-state index in [9.17, 15) is 0 Å². The molecular formula is C15H20N2. The molecule has 0 aromatic heterocycles. The summed E-state index contributed by atoms with van der Waals surface area (Å²) in [4.78, 5) is 0. The van der Waals surface area contributed by atoms with Crippen LogP contribution in [0.1, 0.15) is 24.0 Å². The van der Waals surface area contributed by atoms with Gasteiger partial charge in [-0.3, -0.25) is 0 Å². The predicted molar refractivity (Wildman–Crippen MR) is 74.4 cm³/mol. The van der Waals surface area contributed by atoms with E-state index in [0.717, 1.165) is 12.1 Å². The Bertz CT molecular complexity index is 434. The van der Waals surface area contributed by atoms with Gasteiger partial charge in [0.1, 0.15) is 0 Å². The highest BCUT2D eigenvalue weighted by molar-refractivity contribution is 5.39. The fraction of sp³-hybridized carbons (Fsp3) is 0.200. The molecule has 0 spiro atoms. The Labute approximate surface area is 103 Å². The van der Waals surface area contributed by atoms with Gasteiger partial charge < -0.3 is 11.9 Å². The second kappa shape index (κ2) is 6.06. The van der Waals surface area contributed by atoms with Crippen LogP contribution >= 0.6 is 0 Å². The van der Waals surface area contributed by atoms with Crippen molar-refractivity contribution < 1.29 is 0 Å². The molecule has 1 unspecified atom stereocenters. The zero-order valence-corrected chi connectivity index (χ0v) is 10.3. The van der Waals surface area contributed by atoms with Gasteiger partial charge in [0, 0.05) is 5.69 Å². The van der Waals surface area contributed by atoms with E-state index in [1.165, 1.54) is 11.1 Å². The molecule has 0 fully saturated rings. The molecule has 0 saturated heterocycles. The highest BCUT2D eigenvalue weighted by Gasteiger charge is 2.05. The predicted octanol–water partition coefficient (Wildman–Crippen LogP) is 3.78. The third kappa shape index (κ3) is 3.61. The summed E-state index contributed by atoms with van der Waals surface area (Å²) in [5.74, 6) is 0.546. The van der Waals surface area contributed by atoms with Gasteiger partial charge >= 0.3 is 0 Å². The molecule has 0 aliphatic rings. The Morgan fingerprint density at radius 2 is 1.53 bits per heavy atom. The van der Waals surface area contributed by atoms with Crippen molar-refractivity contribution >= 4 is 5.69 Å². The van der Waals surface area contributed by atoms with E-state index < -0.39 is 0 Å². The highest BCUT2D eigenvalue weighted by atomic mass is 14.5. The minimum atomic E-state index is 0. The third-order valence-electron chi connectivity index (χ3n) is 2.89. The van der Waals surface area contributed by atoms with Gasteiger partial charge in [-0.25, -0.2) is 0 Å². The molecule has 90 valence electrons. The Hall–Kier alpha value is -1.80. The Balaban J connectivity index is 0.00000144. The molecule has 0 amide bonds. The quantitative estimate of drug-likeness (QED) is 0.785. The highest BCUT2D eigenvalue weighted by Crippen LogP contribution is 2.20. The maximum Gasteiger partial charge on any atom is 0.0314 e. The first kappa shape index (κ1) is 13.3. The molecule has 0 saturated carbocycles. The third-order valence-corrected chi connectivity index (χ3v) is 2.89. The normalized spacial score (nSPS) is 11.6. The lowest BCUT2D eigenvalue weighted by molar-refractivity contribution is 0.759. The van der Waals surface area contributed by atoms with E-state index in [-0.39, 0.29) is 6.15 Å². The molecule has 1 atom stereocenters. The van der Waals surface area contributed by atoms with Crippen LogP contribution in [0.2, 0.25) is 0 Å². The van der Waals surface area contributed by atoms with Crippen molar-refractivity contribution in [2.24, 2.45) is 0 Å². The van der Waals surface area contributed by atoms with Crippen LogP contribution in [0, 0.1) is 0 Å². The van der Waals surface area contributed by atoms with Crippen molar-refractivity contribution in [1.29, 1.82) is 0 Å². The molecule has 0 aliphatic heterocycles. The van der Waals surface area contributed by atoms with Crippen LogP contribution in [0.4, 0.5) is 5.69 Å². The standard InChI is InChI=1S/C15H17N.H3N/c1-12(14-5-3-2-4-6-14)11-13-7-9-15(16)10-8-13;/h2-10,12H,11,16H2,1H3;1H3. The molecule has 2 aromatic rings. The number of rotatable bonds is 3. The van der Waals surface area contributed by atoms with Gasteiger partial charge in [0.15, 0.2) is 0 Å². The zero-order valence-electron chi connectivity index (χ0n) is 10.3. The lowest BCUT2D eigenvalue weighted by Gasteiger charge is -2.11. The summed E-state index contributed by atoms with van der Waals surface area (Å²) >= 11 is 0. The van der Waals surface area contributed by atoms with Crippen molar-refractivity contribution in [3.05, 3.63) is 65.7 Å². The van der Waals surface area contributed by atoms with Crippen LogP contribution in [0.5, 0.6) is 0 Å². The fourth-order valence-electron chi connectivity index (χ4n) is 1.91. The zero-order chi connectivity index (χ0) is 11.4. The molecule has 0 aliphatic carbocycles. The van der Waals surface area contributed by atoms with Crippen LogP contribution in [-0.2, 0) is 6.42 Å². The molecule has 0 heterocycles.